The summed E-state index contributed by atoms with van der Waals surface area (Å²) in [6, 6.07) is 12.4. The van der Waals surface area contributed by atoms with Gasteiger partial charge in [0.1, 0.15) is 0 Å². The summed E-state index contributed by atoms with van der Waals surface area (Å²) in [5.74, 6) is 0. The maximum atomic E-state index is 11.0. The molecule has 10 nitrogen and oxygen atoms in total. The molecule has 0 amide bonds. The third-order valence-electron chi connectivity index (χ3n) is 5.44. The van der Waals surface area contributed by atoms with E-state index in [0.717, 1.165) is 41.2 Å². The highest BCUT2D eigenvalue weighted by molar-refractivity contribution is 6.04. The van der Waals surface area contributed by atoms with E-state index in [1.165, 1.54) is 24.3 Å². The van der Waals surface area contributed by atoms with Crippen molar-refractivity contribution in [3.05, 3.63) is 85.7 Å². The van der Waals surface area contributed by atoms with Crippen molar-refractivity contribution in [3.8, 4) is 5.69 Å². The fourth-order valence-corrected chi connectivity index (χ4v) is 3.99. The Kier molecular flexibility index (Phi) is 5.21. The van der Waals surface area contributed by atoms with Gasteiger partial charge in [0.05, 0.1) is 38.3 Å². The minimum atomic E-state index is -0.443. The minimum absolute atomic E-state index is 0.0181. The first kappa shape index (κ1) is 21.2. The van der Waals surface area contributed by atoms with Crippen molar-refractivity contribution >= 4 is 22.8 Å². The quantitative estimate of drug-likeness (QED) is 0.454. The molecular formula is C22H22N6O4. The van der Waals surface area contributed by atoms with Crippen LogP contribution in [0.3, 0.4) is 0 Å². The zero-order valence-electron chi connectivity index (χ0n) is 17.9. The van der Waals surface area contributed by atoms with Crippen molar-refractivity contribution in [3.63, 3.8) is 0 Å². The second kappa shape index (κ2) is 7.88. The van der Waals surface area contributed by atoms with Gasteiger partial charge in [0.2, 0.25) is 0 Å². The first-order valence-corrected chi connectivity index (χ1v) is 10.1. The normalized spacial score (nSPS) is 15.9. The summed E-state index contributed by atoms with van der Waals surface area (Å²) in [6.45, 7) is 6.22. The molecule has 164 valence electrons. The summed E-state index contributed by atoms with van der Waals surface area (Å²) in [7, 11) is 0. The molecule has 1 aromatic heterocycles. The number of benzene rings is 2. The van der Waals surface area contributed by atoms with Gasteiger partial charge in [-0.3, -0.25) is 25.7 Å². The Hall–Kier alpha value is -4.08. The van der Waals surface area contributed by atoms with Crippen LogP contribution in [-0.4, -0.2) is 25.3 Å². The van der Waals surface area contributed by atoms with Gasteiger partial charge in [0.15, 0.2) is 0 Å². The van der Waals surface area contributed by atoms with Crippen LogP contribution in [0.2, 0.25) is 0 Å². The fraction of sp³-hybridized carbons (Fsp3) is 0.273. The van der Waals surface area contributed by atoms with Crippen LogP contribution in [0.5, 0.6) is 0 Å². The number of anilines is 1. The lowest BCUT2D eigenvalue weighted by atomic mass is 9.75. The Labute approximate surface area is 183 Å². The van der Waals surface area contributed by atoms with E-state index in [1.54, 1.807) is 24.3 Å². The summed E-state index contributed by atoms with van der Waals surface area (Å²) in [5.41, 5.74) is 8.00. The van der Waals surface area contributed by atoms with Gasteiger partial charge in [-0.05, 0) is 49.4 Å². The molecule has 0 saturated heterocycles. The predicted octanol–water partition coefficient (Wildman–Crippen LogP) is 4.79. The summed E-state index contributed by atoms with van der Waals surface area (Å²) in [6.07, 6.45) is 1.50. The van der Waals surface area contributed by atoms with E-state index in [-0.39, 0.29) is 16.8 Å². The Morgan fingerprint density at radius 3 is 2.09 bits per heavy atom. The topological polar surface area (TPSA) is 128 Å². The molecule has 1 aliphatic rings. The van der Waals surface area contributed by atoms with Gasteiger partial charge in [0, 0.05) is 29.8 Å². The Morgan fingerprint density at radius 2 is 1.53 bits per heavy atom. The molecule has 1 N–H and O–H groups in total. The van der Waals surface area contributed by atoms with E-state index in [4.69, 9.17) is 5.10 Å². The standard InChI is InChI=1S/C22H22N6O4/c1-14-21-19(24-23-15-4-6-17(7-5-15)27(29)30)12-22(2,3)13-20(21)26(25-14)16-8-10-18(11-9-16)28(31)32/h4-11,23H,12-13H2,1-3H3/b24-19-. The van der Waals surface area contributed by atoms with Crippen molar-refractivity contribution in [1.29, 1.82) is 0 Å². The molecule has 0 fully saturated rings. The molecule has 3 aromatic rings. The molecule has 2 aromatic carbocycles. The first-order valence-electron chi connectivity index (χ1n) is 10.1. The van der Waals surface area contributed by atoms with Crippen molar-refractivity contribution in [1.82, 2.24) is 9.78 Å². The van der Waals surface area contributed by atoms with Crippen LogP contribution >= 0.6 is 0 Å². The Bertz CT molecular complexity index is 1230. The van der Waals surface area contributed by atoms with Crippen LogP contribution in [0.4, 0.5) is 17.1 Å². The van der Waals surface area contributed by atoms with Gasteiger partial charge in [-0.25, -0.2) is 4.68 Å². The molecule has 0 radical (unpaired) electrons. The second-order valence-corrected chi connectivity index (χ2v) is 8.58. The van der Waals surface area contributed by atoms with E-state index in [2.05, 4.69) is 24.4 Å². The number of aryl methyl sites for hydroxylation is 1. The molecule has 0 aliphatic heterocycles. The molecule has 0 saturated carbocycles. The highest BCUT2D eigenvalue weighted by atomic mass is 16.6. The van der Waals surface area contributed by atoms with E-state index in [0.29, 0.717) is 5.69 Å². The zero-order chi connectivity index (χ0) is 23.0. The van der Waals surface area contributed by atoms with Gasteiger partial charge in [-0.1, -0.05) is 13.8 Å². The number of hydrogen-bond acceptors (Lipinski definition) is 7. The van der Waals surface area contributed by atoms with Crippen molar-refractivity contribution < 1.29 is 9.85 Å². The number of hydrogen-bond donors (Lipinski definition) is 1. The minimum Gasteiger partial charge on any atom is -0.278 e. The predicted molar refractivity (Wildman–Crippen MR) is 120 cm³/mol. The van der Waals surface area contributed by atoms with Crippen molar-refractivity contribution in [2.45, 2.75) is 33.6 Å². The fourth-order valence-electron chi connectivity index (χ4n) is 3.99. The maximum absolute atomic E-state index is 11.0. The van der Waals surface area contributed by atoms with Crippen LogP contribution < -0.4 is 5.43 Å². The molecular weight excluding hydrogens is 412 g/mol. The molecule has 4 rings (SSSR count). The van der Waals surface area contributed by atoms with E-state index >= 15 is 0 Å². The number of nitro groups is 2. The van der Waals surface area contributed by atoms with Gasteiger partial charge < -0.3 is 0 Å². The van der Waals surface area contributed by atoms with Crippen LogP contribution in [-0.2, 0) is 6.42 Å². The molecule has 0 bridgehead atoms. The average molecular weight is 434 g/mol. The zero-order valence-corrected chi connectivity index (χ0v) is 17.9. The van der Waals surface area contributed by atoms with Crippen molar-refractivity contribution in [2.24, 2.45) is 10.5 Å². The number of nitrogens with zero attached hydrogens (tertiary/aromatic N) is 5. The van der Waals surface area contributed by atoms with Crippen LogP contribution in [0.15, 0.2) is 53.6 Å². The summed E-state index contributed by atoms with van der Waals surface area (Å²) in [5, 5.41) is 31.2. The number of non-ortho nitro benzene ring substituents is 2. The molecule has 1 aliphatic carbocycles. The number of rotatable bonds is 5. The largest absolute Gasteiger partial charge is 0.278 e. The summed E-state index contributed by atoms with van der Waals surface area (Å²) in [4.78, 5) is 21.0. The lowest BCUT2D eigenvalue weighted by Gasteiger charge is -2.31. The van der Waals surface area contributed by atoms with Gasteiger partial charge in [0.25, 0.3) is 11.4 Å². The van der Waals surface area contributed by atoms with E-state index < -0.39 is 9.85 Å². The summed E-state index contributed by atoms with van der Waals surface area (Å²) >= 11 is 0. The lowest BCUT2D eigenvalue weighted by molar-refractivity contribution is -0.385. The number of aromatic nitrogens is 2. The molecule has 10 heteroatoms. The van der Waals surface area contributed by atoms with Gasteiger partial charge in [-0.15, -0.1) is 0 Å². The smallest absolute Gasteiger partial charge is 0.269 e. The number of nitrogens with one attached hydrogen (secondary N) is 1. The molecule has 0 spiro atoms. The summed E-state index contributed by atoms with van der Waals surface area (Å²) < 4.78 is 1.83. The SMILES string of the molecule is Cc1nn(-c2ccc([N+](=O)[O-])cc2)c2c1/C(=N\Nc1ccc([N+](=O)[O-])cc1)CC(C)(C)C2. The molecule has 0 unspecified atom stereocenters. The monoisotopic (exact) mass is 434 g/mol. The van der Waals surface area contributed by atoms with Crippen LogP contribution in [0.25, 0.3) is 5.69 Å². The second-order valence-electron chi connectivity index (χ2n) is 8.58. The number of nitro benzene ring substituents is 2. The molecule has 0 atom stereocenters. The molecule has 32 heavy (non-hydrogen) atoms. The average Bonchev–Trinajstić information content (AvgIpc) is 3.07. The van der Waals surface area contributed by atoms with Crippen molar-refractivity contribution in [2.75, 3.05) is 5.43 Å². The Morgan fingerprint density at radius 1 is 0.969 bits per heavy atom. The van der Waals surface area contributed by atoms with Crippen LogP contribution in [0.1, 0.15) is 37.2 Å². The van der Waals surface area contributed by atoms with Gasteiger partial charge in [-0.2, -0.15) is 10.2 Å². The van der Waals surface area contributed by atoms with E-state index in [1.807, 2.05) is 11.6 Å². The highest BCUT2D eigenvalue weighted by Gasteiger charge is 2.34. The lowest BCUT2D eigenvalue weighted by Crippen LogP contribution is -2.29. The third-order valence-corrected chi connectivity index (χ3v) is 5.44. The Balaban J connectivity index is 1.71. The third kappa shape index (κ3) is 4.07. The molecule has 1 heterocycles. The van der Waals surface area contributed by atoms with Gasteiger partial charge >= 0.3 is 0 Å². The maximum Gasteiger partial charge on any atom is 0.269 e. The number of fused-ring (bicyclic) bond motifs is 1. The first-order chi connectivity index (χ1) is 15.1. The van der Waals surface area contributed by atoms with Crippen LogP contribution in [0, 0.1) is 32.6 Å². The highest BCUT2D eigenvalue weighted by Crippen LogP contribution is 2.37. The number of hydrazone groups is 1. The van der Waals surface area contributed by atoms with E-state index in [9.17, 15) is 20.2 Å².